The van der Waals surface area contributed by atoms with E-state index in [1.165, 1.54) is 0 Å². The van der Waals surface area contributed by atoms with Gasteiger partial charge in [0, 0.05) is 6.08 Å². The Morgan fingerprint density at radius 2 is 1.85 bits per heavy atom. The van der Waals surface area contributed by atoms with Crippen molar-refractivity contribution < 1.29 is 14.5 Å². The Hall–Kier alpha value is -0.820. The van der Waals surface area contributed by atoms with E-state index in [4.69, 9.17) is 0 Å². The number of hydrogen-bond acceptors (Lipinski definition) is 4. The maximum absolute atomic E-state index is 11.1. The van der Waals surface area contributed by atoms with Crippen LogP contribution in [0.25, 0.3) is 0 Å². The molecule has 0 saturated carbocycles. The Kier molecular flexibility index (Phi) is 2.77. The highest BCUT2D eigenvalue weighted by atomic mass is 79.9. The number of hydrogen-bond donors (Lipinski definition) is 0. The molecule has 7 heteroatoms. The molecule has 0 fully saturated rings. The van der Waals surface area contributed by atoms with Crippen LogP contribution in [0.1, 0.15) is 0 Å². The van der Waals surface area contributed by atoms with Crippen molar-refractivity contribution in [2.24, 2.45) is 0 Å². The average Bonchev–Trinajstić information content (AvgIpc) is 2.01. The number of ketones is 2. The molecule has 0 heterocycles. The molecule has 0 aliphatic heterocycles. The first-order valence-electron chi connectivity index (χ1n) is 2.95. The van der Waals surface area contributed by atoms with Crippen molar-refractivity contribution >= 4 is 43.4 Å². The number of Topliss-reactive ketones (excluding diaryl/α,β-unsaturated/α-hetero) is 1. The molecule has 1 aliphatic rings. The van der Waals surface area contributed by atoms with E-state index in [1.807, 2.05) is 0 Å². The van der Waals surface area contributed by atoms with Crippen LogP contribution < -0.4 is 0 Å². The maximum atomic E-state index is 11.1. The second-order valence-corrected chi connectivity index (χ2v) is 3.75. The van der Waals surface area contributed by atoms with E-state index in [0.29, 0.717) is 0 Å². The van der Waals surface area contributed by atoms with Gasteiger partial charge in [-0.25, -0.2) is 0 Å². The number of nitro groups is 1. The molecule has 0 spiro atoms. The van der Waals surface area contributed by atoms with Crippen molar-refractivity contribution in [2.75, 3.05) is 0 Å². The van der Waals surface area contributed by atoms with Gasteiger partial charge in [0.2, 0.25) is 5.78 Å². The van der Waals surface area contributed by atoms with E-state index in [2.05, 4.69) is 31.9 Å². The van der Waals surface area contributed by atoms with E-state index in [-0.39, 0.29) is 8.96 Å². The van der Waals surface area contributed by atoms with Crippen LogP contribution in [0, 0.1) is 10.1 Å². The lowest BCUT2D eigenvalue weighted by Gasteiger charge is -2.04. The Morgan fingerprint density at radius 1 is 1.31 bits per heavy atom. The minimum atomic E-state index is -0.890. The molecule has 0 aromatic heterocycles. The largest absolute Gasteiger partial charge is 0.335 e. The summed E-state index contributed by atoms with van der Waals surface area (Å²) in [5.41, 5.74) is -0.737. The number of nitrogens with zero attached hydrogens (tertiary/aromatic N) is 1. The minimum absolute atomic E-state index is 0.104. The van der Waals surface area contributed by atoms with E-state index in [1.54, 1.807) is 0 Å². The van der Waals surface area contributed by atoms with Crippen molar-refractivity contribution in [1.82, 2.24) is 0 Å². The van der Waals surface area contributed by atoms with Crippen LogP contribution >= 0.6 is 31.9 Å². The smallest absolute Gasteiger partial charge is 0.288 e. The topological polar surface area (TPSA) is 77.3 Å². The van der Waals surface area contributed by atoms with Crippen molar-refractivity contribution in [2.45, 2.75) is 0 Å². The van der Waals surface area contributed by atoms with Crippen LogP contribution in [-0.4, -0.2) is 16.5 Å². The zero-order valence-corrected chi connectivity index (χ0v) is 9.09. The van der Waals surface area contributed by atoms with E-state index in [9.17, 15) is 19.7 Å². The van der Waals surface area contributed by atoms with Gasteiger partial charge in [-0.3, -0.25) is 19.7 Å². The Labute approximate surface area is 88.9 Å². The molecule has 5 nitrogen and oxygen atoms in total. The lowest BCUT2D eigenvalue weighted by molar-refractivity contribution is -0.418. The number of carbonyl (C=O) groups excluding carboxylic acids is 2. The summed E-state index contributed by atoms with van der Waals surface area (Å²) < 4.78 is -0.418. The number of allylic oxidation sites excluding steroid dienone is 3. The molecular formula is C6HBr2NO4. The molecule has 0 saturated heterocycles. The summed E-state index contributed by atoms with van der Waals surface area (Å²) in [4.78, 5) is 31.6. The number of carbonyl (C=O) groups is 2. The minimum Gasteiger partial charge on any atom is -0.288 e. The first-order chi connectivity index (χ1) is 5.95. The van der Waals surface area contributed by atoms with Crippen LogP contribution in [0.5, 0.6) is 0 Å². The van der Waals surface area contributed by atoms with Crippen molar-refractivity contribution in [3.63, 3.8) is 0 Å². The Balaban J connectivity index is 3.31. The molecule has 0 amide bonds. The first-order valence-corrected chi connectivity index (χ1v) is 4.54. The summed E-state index contributed by atoms with van der Waals surface area (Å²) in [5, 5.41) is 10.4. The third-order valence-electron chi connectivity index (χ3n) is 1.30. The summed E-state index contributed by atoms with van der Waals surface area (Å²) in [6.45, 7) is 0. The van der Waals surface area contributed by atoms with Gasteiger partial charge in [-0.2, -0.15) is 0 Å². The van der Waals surface area contributed by atoms with Crippen LogP contribution in [0.3, 0.4) is 0 Å². The Bertz CT molecular complexity index is 382. The van der Waals surface area contributed by atoms with Gasteiger partial charge >= 0.3 is 5.70 Å². The van der Waals surface area contributed by atoms with Crippen molar-refractivity contribution in [3.8, 4) is 0 Å². The SMILES string of the molecule is O=C1C=C(Br)C(=O)C([N+](=O)[O-])=C1Br. The molecule has 1 rings (SSSR count). The van der Waals surface area contributed by atoms with E-state index < -0.39 is 22.2 Å². The van der Waals surface area contributed by atoms with Crippen LogP contribution in [0.4, 0.5) is 0 Å². The fourth-order valence-corrected chi connectivity index (χ4v) is 1.57. The summed E-state index contributed by atoms with van der Waals surface area (Å²) in [6, 6.07) is 0. The van der Waals surface area contributed by atoms with Gasteiger partial charge < -0.3 is 0 Å². The highest BCUT2D eigenvalue weighted by Gasteiger charge is 2.35. The molecule has 0 radical (unpaired) electrons. The average molecular weight is 311 g/mol. The first kappa shape index (κ1) is 10.3. The Morgan fingerprint density at radius 3 is 2.31 bits per heavy atom. The molecule has 0 unspecified atom stereocenters. The van der Waals surface area contributed by atoms with Gasteiger partial charge in [0.05, 0.1) is 9.41 Å². The molecule has 0 N–H and O–H groups in total. The number of rotatable bonds is 1. The van der Waals surface area contributed by atoms with Crippen LogP contribution in [0.15, 0.2) is 20.7 Å². The summed E-state index contributed by atoms with van der Waals surface area (Å²) >= 11 is 5.45. The van der Waals surface area contributed by atoms with Gasteiger partial charge in [0.25, 0.3) is 5.78 Å². The predicted octanol–water partition coefficient (Wildman–Crippen LogP) is 1.30. The van der Waals surface area contributed by atoms with Gasteiger partial charge in [-0.15, -0.1) is 0 Å². The second kappa shape index (κ2) is 3.51. The summed E-state index contributed by atoms with van der Waals surface area (Å²) in [5.74, 6) is -1.41. The molecule has 68 valence electrons. The lowest BCUT2D eigenvalue weighted by atomic mass is 10.1. The normalized spacial score (nSPS) is 17.5. The monoisotopic (exact) mass is 309 g/mol. The second-order valence-electron chi connectivity index (χ2n) is 2.11. The zero-order chi connectivity index (χ0) is 10.2. The highest BCUT2D eigenvalue weighted by molar-refractivity contribution is 9.12. The molecule has 0 atom stereocenters. The number of halogens is 2. The van der Waals surface area contributed by atoms with Crippen molar-refractivity contribution in [3.05, 3.63) is 30.9 Å². The quantitative estimate of drug-likeness (QED) is 0.415. The van der Waals surface area contributed by atoms with Crippen LogP contribution in [0.2, 0.25) is 0 Å². The van der Waals surface area contributed by atoms with Gasteiger partial charge in [-0.05, 0) is 31.9 Å². The van der Waals surface area contributed by atoms with Gasteiger partial charge in [0.1, 0.15) is 4.48 Å². The zero-order valence-electron chi connectivity index (χ0n) is 5.91. The van der Waals surface area contributed by atoms with E-state index >= 15 is 0 Å². The fourth-order valence-electron chi connectivity index (χ4n) is 0.737. The summed E-state index contributed by atoms with van der Waals surface area (Å²) in [7, 11) is 0. The van der Waals surface area contributed by atoms with Gasteiger partial charge in [0.15, 0.2) is 0 Å². The molecule has 0 aromatic carbocycles. The van der Waals surface area contributed by atoms with Gasteiger partial charge in [-0.1, -0.05) is 0 Å². The third kappa shape index (κ3) is 1.75. The molecule has 1 aliphatic carbocycles. The van der Waals surface area contributed by atoms with Crippen molar-refractivity contribution in [1.29, 1.82) is 0 Å². The van der Waals surface area contributed by atoms with E-state index in [0.717, 1.165) is 6.08 Å². The predicted molar refractivity (Wildman–Crippen MR) is 50.0 cm³/mol. The molecule has 0 bridgehead atoms. The maximum Gasteiger partial charge on any atom is 0.335 e. The molecular weight excluding hydrogens is 310 g/mol. The molecule has 13 heavy (non-hydrogen) atoms. The third-order valence-corrected chi connectivity index (χ3v) is 2.65. The standard InChI is InChI=1S/C6HBr2NO4/c7-2-1-3(10)4(8)5(6(2)11)9(12)13/h1H. The lowest BCUT2D eigenvalue weighted by Crippen LogP contribution is -2.19. The highest BCUT2D eigenvalue weighted by Crippen LogP contribution is 2.26. The fraction of sp³-hybridized carbons (Fsp3) is 0. The summed E-state index contributed by atoms with van der Waals surface area (Å²) in [6.07, 6.45) is 0.986. The van der Waals surface area contributed by atoms with Crippen LogP contribution in [-0.2, 0) is 9.59 Å². The molecule has 0 aromatic rings.